The van der Waals surface area contributed by atoms with E-state index in [1.165, 1.54) is 0 Å². The first-order chi connectivity index (χ1) is 9.10. The second-order valence-corrected chi connectivity index (χ2v) is 4.58. The van der Waals surface area contributed by atoms with Crippen molar-refractivity contribution < 1.29 is 9.90 Å². The number of anilines is 1. The molecule has 0 bridgehead atoms. The molecule has 0 fully saturated rings. The molecule has 1 heterocycles. The molecule has 0 saturated carbocycles. The summed E-state index contributed by atoms with van der Waals surface area (Å²) in [5.74, 6) is 0. The maximum absolute atomic E-state index is 11.5. The van der Waals surface area contributed by atoms with Gasteiger partial charge in [0.05, 0.1) is 12.1 Å². The Kier molecular flexibility index (Phi) is 4.01. The van der Waals surface area contributed by atoms with Crippen LogP contribution in [-0.2, 0) is 0 Å². The lowest BCUT2D eigenvalue weighted by molar-refractivity contribution is 0.245. The zero-order chi connectivity index (χ0) is 13.8. The molecule has 2 aromatic rings. The zero-order valence-electron chi connectivity index (χ0n) is 11.1. The molecule has 6 nitrogen and oxygen atoms in total. The first-order valence-corrected chi connectivity index (χ1v) is 6.25. The molecule has 0 aliphatic carbocycles. The van der Waals surface area contributed by atoms with E-state index in [9.17, 15) is 4.79 Å². The van der Waals surface area contributed by atoms with Crippen molar-refractivity contribution in [2.45, 2.75) is 19.9 Å². The lowest BCUT2D eigenvalue weighted by Crippen LogP contribution is -2.30. The van der Waals surface area contributed by atoms with Crippen LogP contribution in [0.25, 0.3) is 10.9 Å². The van der Waals surface area contributed by atoms with Crippen LogP contribution in [0.2, 0.25) is 0 Å². The van der Waals surface area contributed by atoms with Gasteiger partial charge in [-0.25, -0.2) is 4.79 Å². The minimum absolute atomic E-state index is 0.0758. The van der Waals surface area contributed by atoms with Crippen molar-refractivity contribution in [3.8, 4) is 0 Å². The standard InChI is InChI=1S/C13H18N4O2/c1-9(2)17-8-10-7-11(3-4-12(10)16-17)15-13(19)14-5-6-18/h3-4,7-9,18H,5-6H2,1-2H3,(H2,14,15,19). The minimum atomic E-state index is -0.329. The molecule has 2 rings (SSSR count). The summed E-state index contributed by atoms with van der Waals surface area (Å²) in [6, 6.07) is 5.52. The molecular weight excluding hydrogens is 244 g/mol. The van der Waals surface area contributed by atoms with Gasteiger partial charge in [-0.3, -0.25) is 4.68 Å². The Bertz CT molecular complexity index is 577. The zero-order valence-corrected chi connectivity index (χ0v) is 11.1. The predicted molar refractivity (Wildman–Crippen MR) is 74.2 cm³/mol. The summed E-state index contributed by atoms with van der Waals surface area (Å²) in [5, 5.41) is 19.3. The van der Waals surface area contributed by atoms with E-state index in [-0.39, 0.29) is 19.2 Å². The van der Waals surface area contributed by atoms with Gasteiger partial charge >= 0.3 is 6.03 Å². The average molecular weight is 262 g/mol. The number of carbonyl (C=O) groups excluding carboxylic acids is 1. The highest BCUT2D eigenvalue weighted by Crippen LogP contribution is 2.19. The molecule has 2 amide bonds. The van der Waals surface area contributed by atoms with Gasteiger partial charge in [-0.1, -0.05) is 0 Å². The van der Waals surface area contributed by atoms with Crippen LogP contribution in [-0.4, -0.2) is 34.1 Å². The first kappa shape index (κ1) is 13.4. The van der Waals surface area contributed by atoms with Crippen LogP contribution in [0.4, 0.5) is 10.5 Å². The molecule has 6 heteroatoms. The maximum atomic E-state index is 11.5. The molecule has 102 valence electrons. The number of nitrogens with zero attached hydrogens (tertiary/aromatic N) is 2. The highest BCUT2D eigenvalue weighted by Gasteiger charge is 2.06. The largest absolute Gasteiger partial charge is 0.395 e. The molecule has 0 spiro atoms. The number of amides is 2. The number of nitrogens with one attached hydrogen (secondary N) is 2. The van der Waals surface area contributed by atoms with Gasteiger partial charge < -0.3 is 15.7 Å². The van der Waals surface area contributed by atoms with Crippen molar-refractivity contribution in [2.24, 2.45) is 0 Å². The molecule has 1 aromatic heterocycles. The van der Waals surface area contributed by atoms with Crippen LogP contribution in [0.1, 0.15) is 19.9 Å². The van der Waals surface area contributed by atoms with Gasteiger partial charge in [0.1, 0.15) is 0 Å². The van der Waals surface area contributed by atoms with Gasteiger partial charge in [0, 0.05) is 29.9 Å². The smallest absolute Gasteiger partial charge is 0.319 e. The third-order valence-electron chi connectivity index (χ3n) is 2.71. The lowest BCUT2D eigenvalue weighted by Gasteiger charge is -2.05. The van der Waals surface area contributed by atoms with E-state index in [2.05, 4.69) is 29.6 Å². The number of aromatic nitrogens is 2. The first-order valence-electron chi connectivity index (χ1n) is 6.25. The molecule has 1 aromatic carbocycles. The van der Waals surface area contributed by atoms with Gasteiger partial charge in [0.2, 0.25) is 0 Å². The van der Waals surface area contributed by atoms with Gasteiger partial charge in [-0.15, -0.1) is 0 Å². The normalized spacial score (nSPS) is 10.9. The van der Waals surface area contributed by atoms with Gasteiger partial charge in [-0.05, 0) is 32.0 Å². The SMILES string of the molecule is CC(C)n1cc2cc(NC(=O)NCCO)ccc2n1. The highest BCUT2D eigenvalue weighted by molar-refractivity contribution is 5.92. The fourth-order valence-corrected chi connectivity index (χ4v) is 1.73. The Morgan fingerprint density at radius 3 is 2.95 bits per heavy atom. The molecule has 0 aliphatic heterocycles. The molecule has 0 saturated heterocycles. The van der Waals surface area contributed by atoms with Crippen molar-refractivity contribution in [2.75, 3.05) is 18.5 Å². The quantitative estimate of drug-likeness (QED) is 0.785. The van der Waals surface area contributed by atoms with Crippen molar-refractivity contribution in [3.63, 3.8) is 0 Å². The van der Waals surface area contributed by atoms with Crippen molar-refractivity contribution in [3.05, 3.63) is 24.4 Å². The topological polar surface area (TPSA) is 79.2 Å². The number of carbonyl (C=O) groups is 1. The Hall–Kier alpha value is -2.08. The number of urea groups is 1. The van der Waals surface area contributed by atoms with Crippen LogP contribution in [0, 0.1) is 0 Å². The number of aliphatic hydroxyl groups is 1. The second-order valence-electron chi connectivity index (χ2n) is 4.58. The van der Waals surface area contributed by atoms with E-state index < -0.39 is 0 Å². The van der Waals surface area contributed by atoms with E-state index in [1.54, 1.807) is 6.07 Å². The summed E-state index contributed by atoms with van der Waals surface area (Å²) in [4.78, 5) is 11.5. The number of rotatable bonds is 4. The van der Waals surface area contributed by atoms with Gasteiger partial charge in [0.25, 0.3) is 0 Å². The Labute approximate surface area is 111 Å². The number of benzene rings is 1. The summed E-state index contributed by atoms with van der Waals surface area (Å²) >= 11 is 0. The van der Waals surface area contributed by atoms with Crippen molar-refractivity contribution >= 4 is 22.6 Å². The van der Waals surface area contributed by atoms with Crippen LogP contribution >= 0.6 is 0 Å². The Morgan fingerprint density at radius 2 is 2.26 bits per heavy atom. The summed E-state index contributed by atoms with van der Waals surface area (Å²) in [6.07, 6.45) is 1.96. The lowest BCUT2D eigenvalue weighted by atomic mass is 10.2. The molecule has 3 N–H and O–H groups in total. The number of hydrogen-bond acceptors (Lipinski definition) is 3. The molecule has 19 heavy (non-hydrogen) atoms. The summed E-state index contributed by atoms with van der Waals surface area (Å²) in [6.45, 7) is 4.29. The Balaban J connectivity index is 2.14. The molecule has 0 aliphatic rings. The maximum Gasteiger partial charge on any atom is 0.319 e. The van der Waals surface area contributed by atoms with E-state index in [0.29, 0.717) is 11.7 Å². The van der Waals surface area contributed by atoms with Gasteiger partial charge in [-0.2, -0.15) is 5.10 Å². The fraction of sp³-hybridized carbons (Fsp3) is 0.385. The van der Waals surface area contributed by atoms with Crippen LogP contribution in [0.3, 0.4) is 0 Å². The third kappa shape index (κ3) is 3.23. The number of hydrogen-bond donors (Lipinski definition) is 3. The number of fused-ring (bicyclic) bond motifs is 1. The van der Waals surface area contributed by atoms with Crippen molar-refractivity contribution in [1.29, 1.82) is 0 Å². The average Bonchev–Trinajstić information content (AvgIpc) is 2.79. The van der Waals surface area contributed by atoms with Crippen molar-refractivity contribution in [1.82, 2.24) is 15.1 Å². The second kappa shape index (κ2) is 5.71. The number of aliphatic hydroxyl groups excluding tert-OH is 1. The van der Waals surface area contributed by atoms with E-state index in [0.717, 1.165) is 10.9 Å². The summed E-state index contributed by atoms with van der Waals surface area (Å²) in [7, 11) is 0. The van der Waals surface area contributed by atoms with Crippen LogP contribution in [0.5, 0.6) is 0 Å². The van der Waals surface area contributed by atoms with Crippen LogP contribution in [0.15, 0.2) is 24.4 Å². The monoisotopic (exact) mass is 262 g/mol. The molecule has 0 unspecified atom stereocenters. The Morgan fingerprint density at radius 1 is 1.47 bits per heavy atom. The third-order valence-corrected chi connectivity index (χ3v) is 2.71. The summed E-state index contributed by atoms with van der Waals surface area (Å²) < 4.78 is 1.89. The molecular formula is C13H18N4O2. The van der Waals surface area contributed by atoms with E-state index in [4.69, 9.17) is 5.11 Å². The van der Waals surface area contributed by atoms with E-state index in [1.807, 2.05) is 23.0 Å². The summed E-state index contributed by atoms with van der Waals surface area (Å²) in [5.41, 5.74) is 1.60. The van der Waals surface area contributed by atoms with E-state index >= 15 is 0 Å². The van der Waals surface area contributed by atoms with Gasteiger partial charge in [0.15, 0.2) is 0 Å². The molecule has 0 atom stereocenters. The predicted octanol–water partition coefficient (Wildman–Crippen LogP) is 1.73. The van der Waals surface area contributed by atoms with Crippen LogP contribution < -0.4 is 10.6 Å². The fourth-order valence-electron chi connectivity index (χ4n) is 1.73. The minimum Gasteiger partial charge on any atom is -0.395 e. The molecule has 0 radical (unpaired) electrons. The highest BCUT2D eigenvalue weighted by atomic mass is 16.3.